The quantitative estimate of drug-likeness (QED) is 0.622. The highest BCUT2D eigenvalue weighted by Crippen LogP contribution is 2.31. The Labute approximate surface area is 157 Å². The zero-order chi connectivity index (χ0) is 18.1. The second-order valence-corrected chi connectivity index (χ2v) is 7.15. The molecule has 3 aromatic rings. The first-order valence-corrected chi connectivity index (χ1v) is 9.44. The maximum Gasteiger partial charge on any atom is 0.118 e. The van der Waals surface area contributed by atoms with Crippen molar-refractivity contribution < 1.29 is 4.74 Å². The number of nitrogens with zero attached hydrogens (tertiary/aromatic N) is 1. The molecule has 0 atom stereocenters. The van der Waals surface area contributed by atoms with Crippen LogP contribution >= 0.6 is 11.3 Å². The topological polar surface area (TPSA) is 37.4 Å². The van der Waals surface area contributed by atoms with E-state index in [4.69, 9.17) is 9.73 Å². The molecule has 0 radical (unpaired) electrons. The van der Waals surface area contributed by atoms with Gasteiger partial charge in [-0.1, -0.05) is 0 Å². The first-order chi connectivity index (χ1) is 12.6. The Kier molecular flexibility index (Phi) is 4.35. The number of aliphatic imine (C=N–C) groups is 1. The predicted molar refractivity (Wildman–Crippen MR) is 110 cm³/mol. The molecule has 0 saturated heterocycles. The minimum absolute atomic E-state index is 0.853. The van der Waals surface area contributed by atoms with E-state index in [0.717, 1.165) is 34.1 Å². The van der Waals surface area contributed by atoms with E-state index in [0.29, 0.717) is 0 Å². The summed E-state index contributed by atoms with van der Waals surface area (Å²) in [5, 5.41) is 4.28. The van der Waals surface area contributed by atoms with Crippen molar-refractivity contribution >= 4 is 23.1 Å². The van der Waals surface area contributed by atoms with Crippen molar-refractivity contribution in [1.29, 1.82) is 0 Å². The van der Waals surface area contributed by atoms with E-state index in [-0.39, 0.29) is 0 Å². The fraction of sp³-hybridized carbons (Fsp3) is 0.136. The molecule has 0 bridgehead atoms. The van der Waals surface area contributed by atoms with Gasteiger partial charge in [-0.05, 0) is 84.3 Å². The number of thiophene rings is 1. The molecule has 0 amide bonds. The minimum Gasteiger partial charge on any atom is -0.497 e. The smallest absolute Gasteiger partial charge is 0.118 e. The highest BCUT2D eigenvalue weighted by molar-refractivity contribution is 7.08. The zero-order valence-electron chi connectivity index (χ0n) is 15.0. The first kappa shape index (κ1) is 16.6. The van der Waals surface area contributed by atoms with Gasteiger partial charge in [-0.25, -0.2) is 4.99 Å². The number of aryl methyl sites for hydroxylation is 1. The number of benzene rings is 1. The summed E-state index contributed by atoms with van der Waals surface area (Å²) in [6.07, 6.45) is 4.27. The molecular formula is C22H20N2OS. The molecule has 1 N–H and O–H groups in total. The largest absolute Gasteiger partial charge is 0.497 e. The Morgan fingerprint density at radius 3 is 2.58 bits per heavy atom. The van der Waals surface area contributed by atoms with Gasteiger partial charge < -0.3 is 9.72 Å². The van der Waals surface area contributed by atoms with Crippen LogP contribution in [0.25, 0.3) is 17.2 Å². The van der Waals surface area contributed by atoms with Gasteiger partial charge >= 0.3 is 0 Å². The number of methoxy groups -OCH3 is 1. The molecule has 4 rings (SSSR count). The minimum atomic E-state index is 0.853. The van der Waals surface area contributed by atoms with Crippen LogP contribution in [0.3, 0.4) is 0 Å². The summed E-state index contributed by atoms with van der Waals surface area (Å²) < 4.78 is 5.23. The average Bonchev–Trinajstić information content (AvgIpc) is 3.37. The highest BCUT2D eigenvalue weighted by Gasteiger charge is 2.15. The number of hydrogen-bond donors (Lipinski definition) is 1. The van der Waals surface area contributed by atoms with E-state index in [1.54, 1.807) is 18.4 Å². The second kappa shape index (κ2) is 6.81. The lowest BCUT2D eigenvalue weighted by Crippen LogP contribution is -1.93. The third-order valence-corrected chi connectivity index (χ3v) is 5.16. The second-order valence-electron chi connectivity index (χ2n) is 6.37. The first-order valence-electron chi connectivity index (χ1n) is 8.50. The van der Waals surface area contributed by atoms with Crippen LogP contribution in [0.5, 0.6) is 5.75 Å². The van der Waals surface area contributed by atoms with Crippen LogP contribution in [0.4, 0.5) is 0 Å². The Morgan fingerprint density at radius 1 is 1.08 bits per heavy atom. The number of allylic oxidation sites excluding steroid dienone is 2. The number of H-pyrrole nitrogens is 1. The fourth-order valence-electron chi connectivity index (χ4n) is 3.10. The summed E-state index contributed by atoms with van der Waals surface area (Å²) in [5.74, 6) is 0.853. The third kappa shape index (κ3) is 3.16. The van der Waals surface area contributed by atoms with Crippen molar-refractivity contribution in [2.24, 2.45) is 4.99 Å². The lowest BCUT2D eigenvalue weighted by molar-refractivity contribution is 0.415. The molecule has 0 saturated carbocycles. The molecule has 4 heteroatoms. The summed E-state index contributed by atoms with van der Waals surface area (Å²) in [6, 6.07) is 12.4. The van der Waals surface area contributed by atoms with Crippen LogP contribution in [0.2, 0.25) is 0 Å². The maximum absolute atomic E-state index is 5.23. The molecular weight excluding hydrogens is 340 g/mol. The number of ether oxygens (including phenoxy) is 1. The van der Waals surface area contributed by atoms with E-state index in [1.165, 1.54) is 16.7 Å². The lowest BCUT2D eigenvalue weighted by atomic mass is 10.1. The molecule has 130 valence electrons. The fourth-order valence-corrected chi connectivity index (χ4v) is 3.76. The van der Waals surface area contributed by atoms with Crippen molar-refractivity contribution in [1.82, 2.24) is 4.98 Å². The van der Waals surface area contributed by atoms with Gasteiger partial charge in [0.15, 0.2) is 0 Å². The molecule has 3 heterocycles. The molecule has 1 aliphatic rings. The molecule has 1 aliphatic heterocycles. The number of hydrogen-bond acceptors (Lipinski definition) is 3. The molecule has 0 spiro atoms. The summed E-state index contributed by atoms with van der Waals surface area (Å²) in [5.41, 5.74) is 8.95. The van der Waals surface area contributed by atoms with Gasteiger partial charge in [0.2, 0.25) is 0 Å². The normalized spacial score (nSPS) is 15.3. The van der Waals surface area contributed by atoms with E-state index < -0.39 is 0 Å². The summed E-state index contributed by atoms with van der Waals surface area (Å²) >= 11 is 1.71. The Hall–Kier alpha value is -2.85. The number of nitrogens with one attached hydrogen (secondary N) is 1. The van der Waals surface area contributed by atoms with Crippen LogP contribution in [-0.2, 0) is 0 Å². The van der Waals surface area contributed by atoms with Crippen molar-refractivity contribution in [3.8, 4) is 16.9 Å². The average molecular weight is 360 g/mol. The molecule has 3 nitrogen and oxygen atoms in total. The Balaban J connectivity index is 1.70. The molecule has 0 unspecified atom stereocenters. The molecule has 26 heavy (non-hydrogen) atoms. The third-order valence-electron chi connectivity index (χ3n) is 4.48. The zero-order valence-corrected chi connectivity index (χ0v) is 15.9. The molecule has 2 aromatic heterocycles. The van der Waals surface area contributed by atoms with Crippen molar-refractivity contribution in [3.63, 3.8) is 0 Å². The van der Waals surface area contributed by atoms with Crippen molar-refractivity contribution in [2.75, 3.05) is 7.11 Å². The van der Waals surface area contributed by atoms with E-state index in [9.17, 15) is 0 Å². The SMILES string of the molecule is COc1ccc(C2=N/C(=C\c3[nH]c(C)cc3-c3ccsc3)C(C)=C2)cc1. The highest BCUT2D eigenvalue weighted by atomic mass is 32.1. The summed E-state index contributed by atoms with van der Waals surface area (Å²) in [6.45, 7) is 4.19. The van der Waals surface area contributed by atoms with E-state index in [1.807, 2.05) is 24.3 Å². The maximum atomic E-state index is 5.23. The van der Waals surface area contributed by atoms with E-state index in [2.05, 4.69) is 53.9 Å². The number of aromatic amines is 1. The summed E-state index contributed by atoms with van der Waals surface area (Å²) in [7, 11) is 1.68. The van der Waals surface area contributed by atoms with Gasteiger partial charge in [0.25, 0.3) is 0 Å². The van der Waals surface area contributed by atoms with Gasteiger partial charge in [-0.15, -0.1) is 0 Å². The van der Waals surface area contributed by atoms with Gasteiger partial charge in [0.05, 0.1) is 18.5 Å². The predicted octanol–water partition coefficient (Wildman–Crippen LogP) is 5.85. The number of aromatic nitrogens is 1. The lowest BCUT2D eigenvalue weighted by Gasteiger charge is -2.01. The molecule has 1 aromatic carbocycles. The standard InChI is InChI=1S/C22H20N2OS/c1-14-10-21(16-4-6-18(25-3)7-5-16)24-20(14)12-22-19(11-15(2)23-22)17-8-9-26-13-17/h4-13,23H,1-3H3/b20-12-. The Bertz CT molecular complexity index is 1020. The molecule has 0 aliphatic carbocycles. The van der Waals surface area contributed by atoms with Crippen LogP contribution in [0, 0.1) is 6.92 Å². The van der Waals surface area contributed by atoms with Crippen molar-refractivity contribution in [3.05, 3.63) is 81.5 Å². The van der Waals surface area contributed by atoms with Gasteiger partial charge in [0.1, 0.15) is 5.75 Å². The summed E-state index contributed by atoms with van der Waals surface area (Å²) in [4.78, 5) is 8.31. The van der Waals surface area contributed by atoms with Crippen LogP contribution in [0.1, 0.15) is 23.9 Å². The van der Waals surface area contributed by atoms with Crippen LogP contribution in [0.15, 0.2) is 69.5 Å². The number of rotatable bonds is 4. The monoisotopic (exact) mass is 360 g/mol. The van der Waals surface area contributed by atoms with Gasteiger partial charge in [-0.2, -0.15) is 11.3 Å². The van der Waals surface area contributed by atoms with Crippen LogP contribution < -0.4 is 4.74 Å². The molecule has 0 fully saturated rings. The van der Waals surface area contributed by atoms with Gasteiger partial charge in [0, 0.05) is 22.5 Å². The van der Waals surface area contributed by atoms with E-state index >= 15 is 0 Å². The van der Waals surface area contributed by atoms with Crippen molar-refractivity contribution in [2.45, 2.75) is 13.8 Å². The van der Waals surface area contributed by atoms with Gasteiger partial charge in [-0.3, -0.25) is 0 Å². The Morgan fingerprint density at radius 2 is 1.88 bits per heavy atom. The van der Waals surface area contributed by atoms with Crippen LogP contribution in [-0.4, -0.2) is 17.8 Å².